The standard InChI is InChI=1S/C10H22N10O6/c1-6-10(7-24-18(21)15(3)11,8-25-19(22)16(4)12)9-26-20(23)17(5)14-13-2/h11-12H,2-4,6-9H2,1,5H3/q-4. The maximum absolute atomic E-state index is 11.7. The number of nitrogens with zero attached hydrogens (tertiary/aromatic N) is 8. The summed E-state index contributed by atoms with van der Waals surface area (Å²) < 4.78 is 0. The second-order valence-electron chi connectivity index (χ2n) is 4.91. The van der Waals surface area contributed by atoms with Crippen LogP contribution in [0.4, 0.5) is 0 Å². The van der Waals surface area contributed by atoms with E-state index in [1.165, 1.54) is 7.05 Å². The summed E-state index contributed by atoms with van der Waals surface area (Å²) in [7, 11) is 1.24. The fourth-order valence-corrected chi connectivity index (χ4v) is 1.35. The topological polar surface area (TPSA) is 190 Å². The van der Waals surface area contributed by atoms with E-state index < -0.39 is 18.6 Å². The van der Waals surface area contributed by atoms with Crippen molar-refractivity contribution in [3.8, 4) is 0 Å². The molecule has 152 valence electrons. The Morgan fingerprint density at radius 3 is 1.81 bits per heavy atom. The molecule has 0 unspecified atom stereocenters. The van der Waals surface area contributed by atoms with Gasteiger partial charge in [0.1, 0.15) is 0 Å². The van der Waals surface area contributed by atoms with Crippen LogP contribution in [-0.4, -0.2) is 77.7 Å². The Bertz CT molecular complexity index is 444. The number of rotatable bonds is 15. The lowest BCUT2D eigenvalue weighted by Crippen LogP contribution is -2.44. The van der Waals surface area contributed by atoms with Crippen molar-refractivity contribution < 1.29 is 24.1 Å². The van der Waals surface area contributed by atoms with E-state index in [2.05, 4.69) is 30.8 Å². The summed E-state index contributed by atoms with van der Waals surface area (Å²) in [6.45, 7) is 9.57. The van der Waals surface area contributed by atoms with Gasteiger partial charge in [-0.3, -0.25) is 9.96 Å². The fraction of sp³-hybridized carbons (Fsp3) is 0.700. The first kappa shape index (κ1) is 23.7. The Hall–Kier alpha value is -2.31. The molecule has 2 N–H and O–H groups in total. The van der Waals surface area contributed by atoms with E-state index in [1.807, 2.05) is 0 Å². The van der Waals surface area contributed by atoms with Crippen molar-refractivity contribution in [2.24, 2.45) is 10.5 Å². The molecule has 0 saturated heterocycles. The average molecular weight is 378 g/mol. The molecule has 0 aromatic rings. The molecule has 0 aliphatic heterocycles. The zero-order valence-electron chi connectivity index (χ0n) is 14.5. The van der Waals surface area contributed by atoms with E-state index in [1.54, 1.807) is 6.92 Å². The first-order valence-corrected chi connectivity index (χ1v) is 6.93. The van der Waals surface area contributed by atoms with Gasteiger partial charge in [-0.2, -0.15) is 0 Å². The molecular weight excluding hydrogens is 356 g/mol. The highest BCUT2D eigenvalue weighted by atomic mass is 16.9. The molecule has 0 spiro atoms. The first-order valence-electron chi connectivity index (χ1n) is 6.93. The highest BCUT2D eigenvalue weighted by molar-refractivity contribution is 5.24. The van der Waals surface area contributed by atoms with Crippen LogP contribution in [-0.2, 0) is 14.5 Å². The maximum atomic E-state index is 11.7. The molecule has 0 bridgehead atoms. The van der Waals surface area contributed by atoms with Gasteiger partial charge in [-0.05, 0) is 20.2 Å². The van der Waals surface area contributed by atoms with Crippen LogP contribution in [0, 0.1) is 21.0 Å². The number of hydrogen-bond acceptors (Lipinski definition) is 11. The van der Waals surface area contributed by atoms with Crippen LogP contribution >= 0.6 is 0 Å². The van der Waals surface area contributed by atoms with Crippen molar-refractivity contribution in [3.05, 3.63) is 32.8 Å². The number of hydrazone groups is 2. The van der Waals surface area contributed by atoms with E-state index in [0.29, 0.717) is 5.12 Å². The molecule has 0 radical (unpaired) electrons. The predicted molar refractivity (Wildman–Crippen MR) is 90.3 cm³/mol. The molecule has 0 aliphatic rings. The van der Waals surface area contributed by atoms with Gasteiger partial charge in [0.15, 0.2) is 13.4 Å². The van der Waals surface area contributed by atoms with Crippen molar-refractivity contribution in [2.45, 2.75) is 13.3 Å². The lowest BCUT2D eigenvalue weighted by Gasteiger charge is -2.46. The maximum Gasteiger partial charge on any atom is 0.153 e. The highest BCUT2D eigenvalue weighted by Crippen LogP contribution is 2.25. The van der Waals surface area contributed by atoms with Gasteiger partial charge in [-0.1, -0.05) is 6.92 Å². The van der Waals surface area contributed by atoms with E-state index in [9.17, 15) is 15.6 Å². The van der Waals surface area contributed by atoms with Gasteiger partial charge < -0.3 is 35.9 Å². The number of nitrogens with one attached hydrogen (secondary N) is 2. The lowest BCUT2D eigenvalue weighted by atomic mass is 9.88. The Morgan fingerprint density at radius 1 is 1.04 bits per heavy atom. The zero-order chi connectivity index (χ0) is 20.3. The smallest absolute Gasteiger partial charge is 0.153 e. The van der Waals surface area contributed by atoms with Gasteiger partial charge in [-0.15, -0.1) is 9.59 Å². The van der Waals surface area contributed by atoms with Gasteiger partial charge >= 0.3 is 0 Å². The van der Waals surface area contributed by atoms with Gasteiger partial charge in [0, 0.05) is 5.41 Å². The SMILES string of the molecule is C=N[N-]N(C)N([O-])OCC(CC)(CON([O-])[N+](=C)[NH-])CON([O-])[N+](=C)[NH-]. The summed E-state index contributed by atoms with van der Waals surface area (Å²) in [6, 6.07) is 0. The average Bonchev–Trinajstić information content (AvgIpc) is 2.60. The monoisotopic (exact) mass is 378 g/mol. The highest BCUT2D eigenvalue weighted by Gasteiger charge is 2.31. The zero-order valence-corrected chi connectivity index (χ0v) is 14.5. The van der Waals surface area contributed by atoms with Crippen LogP contribution in [0.25, 0.3) is 17.2 Å². The molecule has 0 aromatic heterocycles. The Balaban J connectivity index is 5.05. The van der Waals surface area contributed by atoms with Gasteiger partial charge in [0.05, 0.1) is 19.8 Å². The van der Waals surface area contributed by atoms with E-state index in [0.717, 1.165) is 0 Å². The van der Waals surface area contributed by atoms with Crippen LogP contribution < -0.4 is 0 Å². The van der Waals surface area contributed by atoms with Crippen molar-refractivity contribution in [3.63, 3.8) is 0 Å². The summed E-state index contributed by atoms with van der Waals surface area (Å²) in [5.41, 5.74) is 2.13. The molecule has 0 fully saturated rings. The molecular formula is C10H22N10O6-4. The fourth-order valence-electron chi connectivity index (χ4n) is 1.35. The van der Waals surface area contributed by atoms with Crippen LogP contribution in [0.1, 0.15) is 13.3 Å². The van der Waals surface area contributed by atoms with Crippen LogP contribution in [0.15, 0.2) is 5.10 Å². The molecule has 0 rings (SSSR count). The van der Waals surface area contributed by atoms with Crippen LogP contribution in [0.5, 0.6) is 0 Å². The lowest BCUT2D eigenvalue weighted by molar-refractivity contribution is -0.703. The molecule has 0 heterocycles. The minimum Gasteiger partial charge on any atom is -0.789 e. The quantitative estimate of drug-likeness (QED) is 0.220. The normalized spacial score (nSPS) is 11.5. The van der Waals surface area contributed by atoms with Crippen molar-refractivity contribution in [1.29, 1.82) is 0 Å². The summed E-state index contributed by atoms with van der Waals surface area (Å²) in [6.07, 6.45) is 0.216. The molecule has 0 atom stereocenters. The molecule has 26 heavy (non-hydrogen) atoms. The Labute approximate surface area is 150 Å². The first-order chi connectivity index (χ1) is 12.1. The summed E-state index contributed by atoms with van der Waals surface area (Å²) >= 11 is 0. The molecule has 16 heteroatoms. The molecule has 0 aromatic carbocycles. The molecule has 0 amide bonds. The molecule has 0 aliphatic carbocycles. The van der Waals surface area contributed by atoms with Crippen molar-refractivity contribution in [2.75, 3.05) is 26.9 Å². The number of hydrogen-bond donors (Lipinski definition) is 0. The van der Waals surface area contributed by atoms with Gasteiger partial charge in [0.25, 0.3) is 0 Å². The Kier molecular flexibility index (Phi) is 10.3. The van der Waals surface area contributed by atoms with E-state index in [-0.39, 0.29) is 38.6 Å². The third-order valence-electron chi connectivity index (χ3n) is 3.02. The van der Waals surface area contributed by atoms with Gasteiger partial charge in [-0.25, -0.2) is 27.7 Å². The van der Waals surface area contributed by atoms with E-state index in [4.69, 9.17) is 26.2 Å². The summed E-state index contributed by atoms with van der Waals surface area (Å²) in [5.74, 6) is 14.0. The largest absolute Gasteiger partial charge is 0.789 e. The summed E-state index contributed by atoms with van der Waals surface area (Å²) in [5, 5.41) is 37.7. The third kappa shape index (κ3) is 8.18. The molecule has 0 saturated carbocycles. The van der Waals surface area contributed by atoms with Gasteiger partial charge in [0.2, 0.25) is 0 Å². The third-order valence-corrected chi connectivity index (χ3v) is 3.02. The Morgan fingerprint density at radius 2 is 1.46 bits per heavy atom. The van der Waals surface area contributed by atoms with Crippen LogP contribution in [0.2, 0.25) is 0 Å². The minimum absolute atomic E-state index is 0.0145. The van der Waals surface area contributed by atoms with Crippen molar-refractivity contribution >= 4 is 20.2 Å². The number of hydrazine groups is 3. The van der Waals surface area contributed by atoms with Crippen LogP contribution in [0.3, 0.4) is 0 Å². The second kappa shape index (κ2) is 11.3. The molecule has 16 nitrogen and oxygen atoms in total. The second-order valence-corrected chi connectivity index (χ2v) is 4.91. The predicted octanol–water partition coefficient (Wildman–Crippen LogP) is 0.519. The minimum atomic E-state index is -1.19. The van der Waals surface area contributed by atoms with E-state index >= 15 is 0 Å². The summed E-state index contributed by atoms with van der Waals surface area (Å²) in [4.78, 5) is 14.8. The van der Waals surface area contributed by atoms with Crippen molar-refractivity contribution in [1.82, 2.24) is 21.1 Å².